The maximum absolute atomic E-state index is 3.64. The number of fused-ring (bicyclic) bond motifs is 1. The SMILES string of the molecule is Br[C@@H]1[C@H]2CCNC[C@@H]12.Cl. The molecule has 0 bridgehead atoms. The van der Waals surface area contributed by atoms with Crippen molar-refractivity contribution < 1.29 is 0 Å². The van der Waals surface area contributed by atoms with Crippen LogP contribution in [0.25, 0.3) is 0 Å². The zero-order valence-corrected chi connectivity index (χ0v) is 7.54. The van der Waals surface area contributed by atoms with Crippen molar-refractivity contribution in [2.75, 3.05) is 13.1 Å². The van der Waals surface area contributed by atoms with E-state index in [1.807, 2.05) is 0 Å². The van der Waals surface area contributed by atoms with Gasteiger partial charge in [0.1, 0.15) is 0 Å². The molecule has 0 radical (unpaired) electrons. The number of nitrogens with one attached hydrogen (secondary N) is 1. The lowest BCUT2D eigenvalue weighted by Gasteiger charge is -2.07. The minimum atomic E-state index is 0. The fraction of sp³-hybridized carbons (Fsp3) is 1.00. The third-order valence-electron chi connectivity index (χ3n) is 2.26. The molecule has 3 atom stereocenters. The van der Waals surface area contributed by atoms with Gasteiger partial charge < -0.3 is 5.32 Å². The standard InChI is InChI=1S/C6H10BrN.ClH/c7-6-4-1-2-8-3-5(4)6;/h4-6,8H,1-3H2;1H/t4-,5+,6+;/m0./s1. The summed E-state index contributed by atoms with van der Waals surface area (Å²) in [5.74, 6) is 2.00. The largest absolute Gasteiger partial charge is 0.316 e. The second kappa shape index (κ2) is 2.77. The minimum Gasteiger partial charge on any atom is -0.316 e. The van der Waals surface area contributed by atoms with Crippen LogP contribution in [0.1, 0.15) is 6.42 Å². The molecule has 0 unspecified atom stereocenters. The van der Waals surface area contributed by atoms with Crippen LogP contribution >= 0.6 is 28.3 Å². The van der Waals surface area contributed by atoms with Crippen molar-refractivity contribution >= 4 is 28.3 Å². The van der Waals surface area contributed by atoms with Gasteiger partial charge in [0.05, 0.1) is 0 Å². The number of alkyl halides is 1. The Morgan fingerprint density at radius 3 is 2.56 bits per heavy atom. The van der Waals surface area contributed by atoms with Gasteiger partial charge in [-0.05, 0) is 31.3 Å². The first-order chi connectivity index (χ1) is 3.89. The molecule has 3 heteroatoms. The summed E-state index contributed by atoms with van der Waals surface area (Å²) in [6, 6.07) is 0. The molecule has 1 saturated carbocycles. The van der Waals surface area contributed by atoms with Crippen molar-refractivity contribution in [1.82, 2.24) is 5.32 Å². The molecule has 9 heavy (non-hydrogen) atoms. The molecule has 0 aromatic heterocycles. The lowest BCUT2D eigenvalue weighted by molar-refractivity contribution is 0.497. The van der Waals surface area contributed by atoms with Gasteiger partial charge in [-0.2, -0.15) is 0 Å². The normalized spacial score (nSPS) is 47.0. The van der Waals surface area contributed by atoms with Gasteiger partial charge in [-0.25, -0.2) is 0 Å². The Morgan fingerprint density at radius 2 is 2.11 bits per heavy atom. The van der Waals surface area contributed by atoms with E-state index in [1.165, 1.54) is 19.5 Å². The Hall–Kier alpha value is 0.730. The third-order valence-corrected chi connectivity index (χ3v) is 3.62. The van der Waals surface area contributed by atoms with Crippen LogP contribution < -0.4 is 5.32 Å². The summed E-state index contributed by atoms with van der Waals surface area (Å²) in [7, 11) is 0. The summed E-state index contributed by atoms with van der Waals surface area (Å²) >= 11 is 3.64. The van der Waals surface area contributed by atoms with Crippen LogP contribution in [0, 0.1) is 11.8 Å². The van der Waals surface area contributed by atoms with E-state index < -0.39 is 0 Å². The molecule has 1 N–H and O–H groups in total. The molecule has 2 aliphatic rings. The van der Waals surface area contributed by atoms with Gasteiger partial charge in [-0.15, -0.1) is 12.4 Å². The van der Waals surface area contributed by atoms with Gasteiger partial charge in [0.25, 0.3) is 0 Å². The molecule has 1 aliphatic carbocycles. The van der Waals surface area contributed by atoms with Gasteiger partial charge >= 0.3 is 0 Å². The fourth-order valence-corrected chi connectivity index (χ4v) is 2.63. The van der Waals surface area contributed by atoms with E-state index in [9.17, 15) is 0 Å². The number of hydrogen-bond donors (Lipinski definition) is 1. The first kappa shape index (κ1) is 7.83. The third kappa shape index (κ3) is 1.26. The van der Waals surface area contributed by atoms with Crippen molar-refractivity contribution in [1.29, 1.82) is 0 Å². The van der Waals surface area contributed by atoms with Crippen molar-refractivity contribution in [3.05, 3.63) is 0 Å². The highest BCUT2D eigenvalue weighted by Crippen LogP contribution is 2.48. The molecular formula is C6H11BrClN. The minimum absolute atomic E-state index is 0. The molecular weight excluding hydrogens is 201 g/mol. The molecule has 1 nitrogen and oxygen atoms in total. The molecule has 1 heterocycles. The molecule has 0 aromatic rings. The summed E-state index contributed by atoms with van der Waals surface area (Å²) in [6.07, 6.45) is 1.39. The van der Waals surface area contributed by atoms with Crippen molar-refractivity contribution in [3.63, 3.8) is 0 Å². The highest BCUT2D eigenvalue weighted by atomic mass is 79.9. The lowest BCUT2D eigenvalue weighted by atomic mass is 10.2. The predicted molar refractivity (Wildman–Crippen MR) is 44.4 cm³/mol. The topological polar surface area (TPSA) is 12.0 Å². The molecule has 2 rings (SSSR count). The molecule has 0 amide bonds. The van der Waals surface area contributed by atoms with Crippen molar-refractivity contribution in [2.45, 2.75) is 11.2 Å². The van der Waals surface area contributed by atoms with E-state index in [1.54, 1.807) is 0 Å². The number of halogens is 2. The van der Waals surface area contributed by atoms with E-state index >= 15 is 0 Å². The van der Waals surface area contributed by atoms with E-state index in [4.69, 9.17) is 0 Å². The Kier molecular flexibility index (Phi) is 2.41. The van der Waals surface area contributed by atoms with E-state index in [2.05, 4.69) is 21.2 Å². The Balaban J connectivity index is 0.000000405. The van der Waals surface area contributed by atoms with Crippen molar-refractivity contribution in [3.8, 4) is 0 Å². The molecule has 0 spiro atoms. The van der Waals surface area contributed by atoms with Crippen LogP contribution in [0.3, 0.4) is 0 Å². The first-order valence-corrected chi connectivity index (χ1v) is 4.16. The maximum atomic E-state index is 3.64. The summed E-state index contributed by atoms with van der Waals surface area (Å²) in [4.78, 5) is 0.859. The molecule has 2 fully saturated rings. The fourth-order valence-electron chi connectivity index (χ4n) is 1.57. The Morgan fingerprint density at radius 1 is 1.33 bits per heavy atom. The van der Waals surface area contributed by atoms with Gasteiger partial charge in [0.15, 0.2) is 0 Å². The molecule has 1 aliphatic heterocycles. The molecule has 54 valence electrons. The van der Waals surface area contributed by atoms with Crippen molar-refractivity contribution in [2.24, 2.45) is 11.8 Å². The Bertz CT molecular complexity index is 97.2. The van der Waals surface area contributed by atoms with Crippen LogP contribution in [0.5, 0.6) is 0 Å². The lowest BCUT2D eigenvalue weighted by Crippen LogP contribution is -2.23. The zero-order chi connectivity index (χ0) is 5.56. The maximum Gasteiger partial charge on any atom is 0.0221 e. The van der Waals surface area contributed by atoms with Crippen LogP contribution in [-0.4, -0.2) is 17.9 Å². The van der Waals surface area contributed by atoms with Gasteiger partial charge in [-0.3, -0.25) is 0 Å². The summed E-state index contributed by atoms with van der Waals surface area (Å²) in [5, 5.41) is 3.38. The van der Waals surface area contributed by atoms with Crippen LogP contribution in [0.2, 0.25) is 0 Å². The van der Waals surface area contributed by atoms with Crippen LogP contribution in [0.4, 0.5) is 0 Å². The predicted octanol–water partition coefficient (Wildman–Crippen LogP) is 1.41. The second-order valence-electron chi connectivity index (χ2n) is 2.76. The highest BCUT2D eigenvalue weighted by Gasteiger charge is 2.48. The quantitative estimate of drug-likeness (QED) is 0.599. The number of piperidine rings is 1. The zero-order valence-electron chi connectivity index (χ0n) is 5.14. The number of rotatable bonds is 0. The second-order valence-corrected chi connectivity index (χ2v) is 3.82. The van der Waals surface area contributed by atoms with Crippen LogP contribution in [0.15, 0.2) is 0 Å². The van der Waals surface area contributed by atoms with Gasteiger partial charge in [-0.1, -0.05) is 15.9 Å². The van der Waals surface area contributed by atoms with Gasteiger partial charge in [0, 0.05) is 4.83 Å². The molecule has 1 saturated heterocycles. The van der Waals surface area contributed by atoms with E-state index in [0.29, 0.717) is 0 Å². The average molecular weight is 213 g/mol. The van der Waals surface area contributed by atoms with Crippen LogP contribution in [-0.2, 0) is 0 Å². The van der Waals surface area contributed by atoms with E-state index in [-0.39, 0.29) is 12.4 Å². The molecule has 0 aromatic carbocycles. The van der Waals surface area contributed by atoms with E-state index in [0.717, 1.165) is 16.7 Å². The Labute approximate surface area is 70.1 Å². The smallest absolute Gasteiger partial charge is 0.0221 e. The number of hydrogen-bond acceptors (Lipinski definition) is 1. The summed E-state index contributed by atoms with van der Waals surface area (Å²) in [6.45, 7) is 2.49. The summed E-state index contributed by atoms with van der Waals surface area (Å²) < 4.78 is 0. The highest BCUT2D eigenvalue weighted by molar-refractivity contribution is 9.09. The van der Waals surface area contributed by atoms with Gasteiger partial charge in [0.2, 0.25) is 0 Å². The average Bonchev–Trinajstić information content (AvgIpc) is 2.46. The monoisotopic (exact) mass is 211 g/mol. The first-order valence-electron chi connectivity index (χ1n) is 3.24. The summed E-state index contributed by atoms with van der Waals surface area (Å²) in [5.41, 5.74) is 0.